The lowest BCUT2D eigenvalue weighted by Gasteiger charge is -2.21. The average molecular weight is 272 g/mol. The van der Waals surface area contributed by atoms with Crippen molar-refractivity contribution in [3.63, 3.8) is 0 Å². The first-order valence-corrected chi connectivity index (χ1v) is 6.48. The predicted octanol–water partition coefficient (Wildman–Crippen LogP) is 2.67. The van der Waals surface area contributed by atoms with Crippen molar-refractivity contribution < 1.29 is 13.5 Å². The first kappa shape index (κ1) is 15.9. The molecule has 5 heteroatoms. The van der Waals surface area contributed by atoms with Crippen LogP contribution in [0.25, 0.3) is 0 Å². The van der Waals surface area contributed by atoms with Gasteiger partial charge in [0.1, 0.15) is 5.75 Å². The van der Waals surface area contributed by atoms with Gasteiger partial charge in [0.25, 0.3) is 6.43 Å². The number of ether oxygens (including phenoxy) is 1. The molecule has 0 bridgehead atoms. The van der Waals surface area contributed by atoms with Crippen molar-refractivity contribution in [2.45, 2.75) is 25.8 Å². The summed E-state index contributed by atoms with van der Waals surface area (Å²) < 4.78 is 29.9. The second kappa shape index (κ2) is 8.07. The summed E-state index contributed by atoms with van der Waals surface area (Å²) in [6.07, 6.45) is -1.37. The zero-order valence-corrected chi connectivity index (χ0v) is 11.5. The summed E-state index contributed by atoms with van der Waals surface area (Å²) in [5.41, 5.74) is 6.92. The molecular formula is C14H22F2N2O. The van der Waals surface area contributed by atoms with Gasteiger partial charge in [0.15, 0.2) is 0 Å². The molecule has 0 amide bonds. The Balaban J connectivity index is 2.50. The predicted molar refractivity (Wildman–Crippen MR) is 72.7 cm³/mol. The summed E-state index contributed by atoms with van der Waals surface area (Å²) in [6, 6.07) is 7.21. The Labute approximate surface area is 113 Å². The summed E-state index contributed by atoms with van der Waals surface area (Å²) in [5, 5.41) is 0. The number of hydrogen-bond donors (Lipinski definition) is 1. The molecule has 0 radical (unpaired) electrons. The molecule has 1 aromatic rings. The van der Waals surface area contributed by atoms with Crippen LogP contribution in [-0.2, 0) is 0 Å². The van der Waals surface area contributed by atoms with Crippen molar-refractivity contribution in [3.8, 4) is 5.75 Å². The fraction of sp³-hybridized carbons (Fsp3) is 0.571. The van der Waals surface area contributed by atoms with Crippen molar-refractivity contribution in [3.05, 3.63) is 29.8 Å². The molecule has 0 aliphatic heterocycles. The van der Waals surface area contributed by atoms with Crippen LogP contribution in [0.15, 0.2) is 24.3 Å². The third kappa shape index (κ3) is 5.98. The van der Waals surface area contributed by atoms with E-state index in [4.69, 9.17) is 10.5 Å². The molecule has 0 aliphatic rings. The van der Waals surface area contributed by atoms with E-state index in [0.717, 1.165) is 17.7 Å². The maximum Gasteiger partial charge on any atom is 0.251 e. The Kier molecular flexibility index (Phi) is 6.73. The maximum atomic E-state index is 12.2. The Morgan fingerprint density at radius 2 is 1.84 bits per heavy atom. The molecule has 108 valence electrons. The van der Waals surface area contributed by atoms with Gasteiger partial charge in [-0.15, -0.1) is 0 Å². The summed E-state index contributed by atoms with van der Waals surface area (Å²) in [4.78, 5) is 1.54. The van der Waals surface area contributed by atoms with Crippen LogP contribution in [-0.4, -0.2) is 38.1 Å². The number of nitrogens with two attached hydrogens (primary N) is 1. The van der Waals surface area contributed by atoms with Gasteiger partial charge in [0, 0.05) is 12.6 Å². The molecule has 0 aliphatic carbocycles. The lowest BCUT2D eigenvalue weighted by atomic mass is 10.1. The van der Waals surface area contributed by atoms with Crippen LogP contribution in [0.4, 0.5) is 8.78 Å². The fourth-order valence-electron chi connectivity index (χ4n) is 1.78. The lowest BCUT2D eigenvalue weighted by Crippen LogP contribution is -2.32. The fourth-order valence-corrected chi connectivity index (χ4v) is 1.78. The first-order chi connectivity index (χ1) is 9.02. The Hall–Kier alpha value is -1.20. The highest BCUT2D eigenvalue weighted by Gasteiger charge is 2.13. The first-order valence-electron chi connectivity index (χ1n) is 6.48. The van der Waals surface area contributed by atoms with Gasteiger partial charge in [-0.3, -0.25) is 4.90 Å². The summed E-state index contributed by atoms with van der Waals surface area (Å²) in [6.45, 7) is 2.87. The smallest absolute Gasteiger partial charge is 0.251 e. The largest absolute Gasteiger partial charge is 0.494 e. The van der Waals surface area contributed by atoms with E-state index >= 15 is 0 Å². The molecule has 3 nitrogen and oxygen atoms in total. The van der Waals surface area contributed by atoms with E-state index in [-0.39, 0.29) is 12.6 Å². The monoisotopic (exact) mass is 272 g/mol. The van der Waals surface area contributed by atoms with Crippen molar-refractivity contribution >= 4 is 0 Å². The van der Waals surface area contributed by atoms with Gasteiger partial charge in [0.05, 0.1) is 13.2 Å². The van der Waals surface area contributed by atoms with E-state index in [1.165, 1.54) is 4.90 Å². The van der Waals surface area contributed by atoms with Crippen LogP contribution in [0.5, 0.6) is 5.75 Å². The van der Waals surface area contributed by atoms with Crippen LogP contribution in [0.3, 0.4) is 0 Å². The quantitative estimate of drug-likeness (QED) is 0.790. The lowest BCUT2D eigenvalue weighted by molar-refractivity contribution is 0.0978. The minimum absolute atomic E-state index is 0.259. The molecule has 1 atom stereocenters. The summed E-state index contributed by atoms with van der Waals surface area (Å²) >= 11 is 0. The highest BCUT2D eigenvalue weighted by atomic mass is 19.3. The van der Waals surface area contributed by atoms with E-state index in [2.05, 4.69) is 0 Å². The molecule has 19 heavy (non-hydrogen) atoms. The molecule has 0 saturated heterocycles. The molecule has 1 rings (SSSR count). The van der Waals surface area contributed by atoms with Gasteiger partial charge in [-0.05, 0) is 31.2 Å². The minimum Gasteiger partial charge on any atom is -0.494 e. The minimum atomic E-state index is -2.33. The van der Waals surface area contributed by atoms with E-state index in [9.17, 15) is 8.78 Å². The molecule has 0 heterocycles. The topological polar surface area (TPSA) is 38.5 Å². The molecular weight excluding hydrogens is 250 g/mol. The van der Waals surface area contributed by atoms with E-state index in [1.54, 1.807) is 7.05 Å². The van der Waals surface area contributed by atoms with E-state index in [1.807, 2.05) is 31.2 Å². The Morgan fingerprint density at radius 3 is 2.37 bits per heavy atom. The normalized spacial score (nSPS) is 13.0. The molecule has 0 fully saturated rings. The number of nitrogens with zero attached hydrogens (tertiary/aromatic N) is 1. The number of rotatable bonds is 8. The molecule has 0 aromatic heterocycles. The van der Waals surface area contributed by atoms with E-state index in [0.29, 0.717) is 13.2 Å². The number of likely N-dealkylation sites (N-methyl/N-ethyl adjacent to an activating group) is 1. The van der Waals surface area contributed by atoms with Crippen LogP contribution < -0.4 is 10.5 Å². The molecule has 1 unspecified atom stereocenters. The van der Waals surface area contributed by atoms with Crippen molar-refractivity contribution in [2.24, 2.45) is 5.73 Å². The molecule has 1 aromatic carbocycles. The standard InChI is InChI=1S/C14H22F2N2O/c1-3-8-19-12-6-4-11(5-7-12)13(17)9-18(2)10-14(15)16/h4-7,13-14H,3,8-10,17H2,1-2H3. The number of halogens is 2. The van der Waals surface area contributed by atoms with Gasteiger partial charge in [-0.25, -0.2) is 8.78 Å². The number of hydrogen-bond acceptors (Lipinski definition) is 3. The van der Waals surface area contributed by atoms with Gasteiger partial charge in [-0.2, -0.15) is 0 Å². The zero-order chi connectivity index (χ0) is 14.3. The van der Waals surface area contributed by atoms with E-state index < -0.39 is 6.43 Å². The maximum absolute atomic E-state index is 12.2. The molecule has 0 saturated carbocycles. The number of benzene rings is 1. The third-order valence-electron chi connectivity index (χ3n) is 2.74. The van der Waals surface area contributed by atoms with Crippen LogP contribution in [0.2, 0.25) is 0 Å². The number of alkyl halides is 2. The highest BCUT2D eigenvalue weighted by Crippen LogP contribution is 2.17. The highest BCUT2D eigenvalue weighted by molar-refractivity contribution is 5.29. The second-order valence-corrected chi connectivity index (χ2v) is 4.64. The zero-order valence-electron chi connectivity index (χ0n) is 11.5. The van der Waals surface area contributed by atoms with Crippen LogP contribution >= 0.6 is 0 Å². The van der Waals surface area contributed by atoms with Gasteiger partial charge in [-0.1, -0.05) is 19.1 Å². The van der Waals surface area contributed by atoms with Gasteiger partial charge >= 0.3 is 0 Å². The van der Waals surface area contributed by atoms with Gasteiger partial charge < -0.3 is 10.5 Å². The second-order valence-electron chi connectivity index (χ2n) is 4.64. The SMILES string of the molecule is CCCOc1ccc(C(N)CN(C)CC(F)F)cc1. The summed E-state index contributed by atoms with van der Waals surface area (Å²) in [5.74, 6) is 0.804. The molecule has 2 N–H and O–H groups in total. The Morgan fingerprint density at radius 1 is 1.21 bits per heavy atom. The van der Waals surface area contributed by atoms with Crippen LogP contribution in [0.1, 0.15) is 24.9 Å². The van der Waals surface area contributed by atoms with Gasteiger partial charge in [0.2, 0.25) is 0 Å². The van der Waals surface area contributed by atoms with Crippen molar-refractivity contribution in [1.82, 2.24) is 4.90 Å². The van der Waals surface area contributed by atoms with Crippen molar-refractivity contribution in [2.75, 3.05) is 26.7 Å². The van der Waals surface area contributed by atoms with Crippen molar-refractivity contribution in [1.29, 1.82) is 0 Å². The summed E-state index contributed by atoms with van der Waals surface area (Å²) in [7, 11) is 1.64. The third-order valence-corrected chi connectivity index (χ3v) is 2.74. The average Bonchev–Trinajstić information content (AvgIpc) is 2.35. The van der Waals surface area contributed by atoms with Crippen LogP contribution in [0, 0.1) is 0 Å². The molecule has 0 spiro atoms. The Bertz CT molecular complexity index is 357.